The lowest BCUT2D eigenvalue weighted by Gasteiger charge is -2.36. The zero-order chi connectivity index (χ0) is 18.4. The molecular weight excluding hydrogens is 322 g/mol. The van der Waals surface area contributed by atoms with Crippen molar-refractivity contribution in [2.24, 2.45) is 0 Å². The maximum absolute atomic E-state index is 12.9. The number of amides is 1. The van der Waals surface area contributed by atoms with Gasteiger partial charge in [-0.2, -0.15) is 0 Å². The van der Waals surface area contributed by atoms with Gasteiger partial charge in [0.2, 0.25) is 5.91 Å². The van der Waals surface area contributed by atoms with E-state index in [2.05, 4.69) is 53.1 Å². The molecule has 0 bridgehead atoms. The minimum absolute atomic E-state index is 0.216. The fraction of sp³-hybridized carbons (Fsp3) is 0.455. The van der Waals surface area contributed by atoms with Crippen molar-refractivity contribution in [1.29, 1.82) is 0 Å². The van der Waals surface area contributed by atoms with Crippen molar-refractivity contribution in [3.63, 3.8) is 0 Å². The number of hydrogen-bond acceptors (Lipinski definition) is 3. The summed E-state index contributed by atoms with van der Waals surface area (Å²) in [5, 5.41) is 0. The molecule has 4 nitrogen and oxygen atoms in total. The zero-order valence-corrected chi connectivity index (χ0v) is 15.9. The number of benzene rings is 1. The van der Waals surface area contributed by atoms with E-state index in [9.17, 15) is 4.79 Å². The highest BCUT2D eigenvalue weighted by Gasteiger charge is 2.27. The first kappa shape index (κ1) is 18.6. The van der Waals surface area contributed by atoms with Gasteiger partial charge in [0.1, 0.15) is 0 Å². The lowest BCUT2D eigenvalue weighted by atomic mass is 9.94. The van der Waals surface area contributed by atoms with E-state index >= 15 is 0 Å². The van der Waals surface area contributed by atoms with Gasteiger partial charge in [-0.1, -0.05) is 30.3 Å². The van der Waals surface area contributed by atoms with Crippen molar-refractivity contribution >= 4 is 5.91 Å². The third kappa shape index (κ3) is 4.92. The fourth-order valence-electron chi connectivity index (χ4n) is 3.71. The number of carbonyl (C=O) groups is 1. The van der Waals surface area contributed by atoms with Crippen molar-refractivity contribution < 1.29 is 4.79 Å². The van der Waals surface area contributed by atoms with Crippen LogP contribution >= 0.6 is 0 Å². The van der Waals surface area contributed by atoms with Gasteiger partial charge in [-0.3, -0.25) is 9.78 Å². The van der Waals surface area contributed by atoms with Crippen LogP contribution in [0.2, 0.25) is 0 Å². The Morgan fingerprint density at radius 2 is 1.96 bits per heavy atom. The van der Waals surface area contributed by atoms with Crippen LogP contribution in [0.3, 0.4) is 0 Å². The molecule has 0 radical (unpaired) electrons. The molecule has 1 aromatic heterocycles. The topological polar surface area (TPSA) is 36.4 Å². The number of rotatable bonds is 6. The summed E-state index contributed by atoms with van der Waals surface area (Å²) in [6, 6.07) is 14.9. The second-order valence-electron chi connectivity index (χ2n) is 7.40. The molecule has 1 aromatic carbocycles. The van der Waals surface area contributed by atoms with Crippen molar-refractivity contribution in [2.45, 2.75) is 44.7 Å². The first-order valence-corrected chi connectivity index (χ1v) is 9.56. The summed E-state index contributed by atoms with van der Waals surface area (Å²) in [7, 11) is 4.16. The molecule has 2 aromatic rings. The molecule has 2 heterocycles. The van der Waals surface area contributed by atoms with E-state index in [4.69, 9.17) is 0 Å². The Balaban J connectivity index is 1.66. The van der Waals surface area contributed by atoms with Crippen LogP contribution in [-0.2, 0) is 17.8 Å². The summed E-state index contributed by atoms with van der Waals surface area (Å²) >= 11 is 0. The van der Waals surface area contributed by atoms with Gasteiger partial charge in [-0.15, -0.1) is 0 Å². The van der Waals surface area contributed by atoms with Crippen LogP contribution in [0.15, 0.2) is 48.7 Å². The molecule has 1 amide bonds. The Hall–Kier alpha value is -2.20. The highest BCUT2D eigenvalue weighted by Crippen LogP contribution is 2.31. The molecule has 4 heteroatoms. The van der Waals surface area contributed by atoms with E-state index in [0.29, 0.717) is 12.8 Å². The summed E-state index contributed by atoms with van der Waals surface area (Å²) in [6.45, 7) is 1.81. The fourth-order valence-corrected chi connectivity index (χ4v) is 3.71. The second-order valence-corrected chi connectivity index (χ2v) is 7.40. The van der Waals surface area contributed by atoms with Crippen LogP contribution in [0, 0.1) is 0 Å². The molecule has 1 aliphatic rings. The number of likely N-dealkylation sites (tertiary alicyclic amines) is 1. The Labute approximate surface area is 156 Å². The Kier molecular flexibility index (Phi) is 6.40. The molecule has 1 aliphatic heterocycles. The summed E-state index contributed by atoms with van der Waals surface area (Å²) in [5.41, 5.74) is 3.56. The number of hydrogen-bond donors (Lipinski definition) is 0. The van der Waals surface area contributed by atoms with Gasteiger partial charge in [0.15, 0.2) is 0 Å². The number of carbonyl (C=O) groups excluding carboxylic acids is 1. The largest absolute Gasteiger partial charge is 0.336 e. The van der Waals surface area contributed by atoms with Crippen molar-refractivity contribution in [1.82, 2.24) is 14.8 Å². The number of aryl methyl sites for hydroxylation is 1. The lowest BCUT2D eigenvalue weighted by Crippen LogP contribution is -2.38. The van der Waals surface area contributed by atoms with Crippen molar-refractivity contribution in [3.05, 3.63) is 65.5 Å². The number of pyridine rings is 1. The number of piperidine rings is 1. The molecule has 0 aliphatic carbocycles. The molecular formula is C22H29N3O. The van der Waals surface area contributed by atoms with E-state index in [0.717, 1.165) is 31.6 Å². The Morgan fingerprint density at radius 3 is 2.65 bits per heavy atom. The summed E-state index contributed by atoms with van der Waals surface area (Å²) in [6.07, 6.45) is 6.39. The predicted molar refractivity (Wildman–Crippen MR) is 105 cm³/mol. The second kappa shape index (κ2) is 8.95. The molecule has 0 N–H and O–H groups in total. The van der Waals surface area contributed by atoms with Gasteiger partial charge < -0.3 is 9.80 Å². The molecule has 138 valence electrons. The van der Waals surface area contributed by atoms with Crippen LogP contribution < -0.4 is 0 Å². The van der Waals surface area contributed by atoms with E-state index in [1.807, 2.05) is 18.2 Å². The monoisotopic (exact) mass is 351 g/mol. The normalized spacial score (nSPS) is 17.5. The van der Waals surface area contributed by atoms with E-state index in [-0.39, 0.29) is 11.9 Å². The Morgan fingerprint density at radius 1 is 1.15 bits per heavy atom. The summed E-state index contributed by atoms with van der Waals surface area (Å²) in [4.78, 5) is 21.5. The molecule has 1 unspecified atom stereocenters. The van der Waals surface area contributed by atoms with Gasteiger partial charge in [0.25, 0.3) is 0 Å². The van der Waals surface area contributed by atoms with Crippen LogP contribution in [0.1, 0.15) is 48.5 Å². The highest BCUT2D eigenvalue weighted by atomic mass is 16.2. The Bertz CT molecular complexity index is 697. The zero-order valence-electron chi connectivity index (χ0n) is 15.9. The van der Waals surface area contributed by atoms with Gasteiger partial charge in [0.05, 0.1) is 6.04 Å². The van der Waals surface area contributed by atoms with Gasteiger partial charge in [-0.05, 0) is 63.0 Å². The minimum Gasteiger partial charge on any atom is -0.336 e. The number of nitrogens with zero attached hydrogens (tertiary/aromatic N) is 3. The molecule has 1 atom stereocenters. The third-order valence-electron chi connectivity index (χ3n) is 5.01. The number of aromatic nitrogens is 1. The van der Waals surface area contributed by atoms with Crippen LogP contribution in [0.5, 0.6) is 0 Å². The average Bonchev–Trinajstić information content (AvgIpc) is 2.67. The molecule has 1 fully saturated rings. The third-order valence-corrected chi connectivity index (χ3v) is 5.01. The van der Waals surface area contributed by atoms with Crippen molar-refractivity contribution in [3.8, 4) is 0 Å². The maximum atomic E-state index is 12.9. The van der Waals surface area contributed by atoms with E-state index in [1.54, 1.807) is 6.20 Å². The lowest BCUT2D eigenvalue weighted by molar-refractivity contribution is -0.135. The SMILES string of the molecule is CN(C)Cc1ccc(C2CCCCN2C(=O)CCc2ccccn2)cc1. The first-order valence-electron chi connectivity index (χ1n) is 9.56. The quantitative estimate of drug-likeness (QED) is 0.794. The van der Waals surface area contributed by atoms with Gasteiger partial charge in [0, 0.05) is 31.4 Å². The van der Waals surface area contributed by atoms with E-state index in [1.165, 1.54) is 17.5 Å². The highest BCUT2D eigenvalue weighted by molar-refractivity contribution is 5.77. The first-order chi connectivity index (χ1) is 12.6. The molecule has 1 saturated heterocycles. The van der Waals surface area contributed by atoms with Crippen LogP contribution in [-0.4, -0.2) is 41.3 Å². The average molecular weight is 351 g/mol. The minimum atomic E-state index is 0.216. The summed E-state index contributed by atoms with van der Waals surface area (Å²) < 4.78 is 0. The maximum Gasteiger partial charge on any atom is 0.223 e. The van der Waals surface area contributed by atoms with Gasteiger partial charge >= 0.3 is 0 Å². The van der Waals surface area contributed by atoms with E-state index < -0.39 is 0 Å². The predicted octanol–water partition coefficient (Wildman–Crippen LogP) is 3.83. The molecule has 0 spiro atoms. The summed E-state index contributed by atoms with van der Waals surface area (Å²) in [5.74, 6) is 0.248. The van der Waals surface area contributed by atoms with Crippen molar-refractivity contribution in [2.75, 3.05) is 20.6 Å². The standard InChI is InChI=1S/C22H29N3O/c1-24(2)17-18-9-11-19(12-10-18)21-8-4-6-16-25(21)22(26)14-13-20-7-3-5-15-23-20/h3,5,7,9-12,15,21H,4,6,8,13-14,16-17H2,1-2H3. The molecule has 3 rings (SSSR count). The molecule has 0 saturated carbocycles. The van der Waals surface area contributed by atoms with Crippen LogP contribution in [0.25, 0.3) is 0 Å². The molecule has 26 heavy (non-hydrogen) atoms. The van der Waals surface area contributed by atoms with Crippen LogP contribution in [0.4, 0.5) is 0 Å². The smallest absolute Gasteiger partial charge is 0.223 e. The van der Waals surface area contributed by atoms with Gasteiger partial charge in [-0.25, -0.2) is 0 Å².